The van der Waals surface area contributed by atoms with Crippen molar-refractivity contribution < 1.29 is 18.0 Å². The first-order valence-corrected chi connectivity index (χ1v) is 3.98. The van der Waals surface area contributed by atoms with Gasteiger partial charge in [0.1, 0.15) is 0 Å². The molecule has 1 N–H and O–H groups in total. The Morgan fingerprint density at radius 3 is 2.90 bits per heavy atom. The van der Waals surface area contributed by atoms with Gasteiger partial charge in [-0.25, -0.2) is 4.21 Å². The van der Waals surface area contributed by atoms with Gasteiger partial charge >= 0.3 is 0 Å². The molecule has 0 radical (unpaired) electrons. The standard InChI is InChI=1S/C4H8FNO3S/c5-6-1-2-9-3-4(6)10(7)8/h4H,1-3H2,(H,7,8). The van der Waals surface area contributed by atoms with Crippen LogP contribution >= 0.6 is 0 Å². The molecule has 2 atom stereocenters. The first-order valence-electron chi connectivity index (χ1n) is 2.81. The minimum absolute atomic E-state index is 0.0143. The molecule has 1 rings (SSSR count). The van der Waals surface area contributed by atoms with Crippen LogP contribution in [0.2, 0.25) is 0 Å². The van der Waals surface area contributed by atoms with Gasteiger partial charge in [-0.3, -0.25) is 0 Å². The second kappa shape index (κ2) is 3.38. The zero-order chi connectivity index (χ0) is 7.56. The lowest BCUT2D eigenvalue weighted by Gasteiger charge is -2.24. The van der Waals surface area contributed by atoms with Gasteiger partial charge in [-0.15, -0.1) is 9.60 Å². The van der Waals surface area contributed by atoms with Crippen LogP contribution in [0.4, 0.5) is 4.48 Å². The van der Waals surface area contributed by atoms with Crippen molar-refractivity contribution in [2.75, 3.05) is 19.8 Å². The second-order valence-electron chi connectivity index (χ2n) is 1.93. The maximum atomic E-state index is 12.5. The number of halogens is 1. The Labute approximate surface area is 60.2 Å². The van der Waals surface area contributed by atoms with Crippen molar-refractivity contribution in [3.8, 4) is 0 Å². The summed E-state index contributed by atoms with van der Waals surface area (Å²) in [5.74, 6) is 0. The molecule has 0 aliphatic carbocycles. The SMILES string of the molecule is O=S(O)C1COCCN1F. The fourth-order valence-electron chi connectivity index (χ4n) is 0.717. The minimum atomic E-state index is -2.16. The highest BCUT2D eigenvalue weighted by Gasteiger charge is 2.27. The van der Waals surface area contributed by atoms with Crippen molar-refractivity contribution in [3.63, 3.8) is 0 Å². The lowest BCUT2D eigenvalue weighted by Crippen LogP contribution is -2.42. The van der Waals surface area contributed by atoms with E-state index in [0.717, 1.165) is 0 Å². The Balaban J connectivity index is 2.47. The Morgan fingerprint density at radius 1 is 1.80 bits per heavy atom. The minimum Gasteiger partial charge on any atom is -0.377 e. The van der Waals surface area contributed by atoms with Crippen LogP contribution in [0.5, 0.6) is 0 Å². The molecule has 0 aromatic rings. The van der Waals surface area contributed by atoms with Gasteiger partial charge in [0.15, 0.2) is 16.5 Å². The van der Waals surface area contributed by atoms with Crippen molar-refractivity contribution in [3.05, 3.63) is 0 Å². The summed E-state index contributed by atoms with van der Waals surface area (Å²) in [4.78, 5) is 0. The molecule has 0 saturated carbocycles. The van der Waals surface area contributed by atoms with Gasteiger partial charge in [-0.2, -0.15) is 0 Å². The van der Waals surface area contributed by atoms with Crippen LogP contribution in [-0.4, -0.2) is 39.0 Å². The van der Waals surface area contributed by atoms with Crippen molar-refractivity contribution in [2.24, 2.45) is 0 Å². The van der Waals surface area contributed by atoms with E-state index in [-0.39, 0.29) is 19.8 Å². The lowest BCUT2D eigenvalue weighted by molar-refractivity contribution is -0.0825. The Hall–Kier alpha value is -0.0400. The molecule has 60 valence electrons. The highest BCUT2D eigenvalue weighted by atomic mass is 32.2. The van der Waals surface area contributed by atoms with E-state index in [1.165, 1.54) is 0 Å². The summed E-state index contributed by atoms with van der Waals surface area (Å²) < 4.78 is 36.1. The summed E-state index contributed by atoms with van der Waals surface area (Å²) in [6.45, 7) is 0.334. The molecule has 10 heavy (non-hydrogen) atoms. The zero-order valence-electron chi connectivity index (χ0n) is 5.20. The lowest BCUT2D eigenvalue weighted by atomic mass is 10.5. The van der Waals surface area contributed by atoms with E-state index in [0.29, 0.717) is 5.12 Å². The molecule has 0 aromatic heterocycles. The number of hydrogen-bond acceptors (Lipinski definition) is 3. The highest BCUT2D eigenvalue weighted by Crippen LogP contribution is 2.08. The van der Waals surface area contributed by atoms with Crippen LogP contribution in [0.1, 0.15) is 0 Å². The maximum Gasteiger partial charge on any atom is 0.175 e. The molecular formula is C4H8FNO3S. The van der Waals surface area contributed by atoms with Crippen molar-refractivity contribution in [1.29, 1.82) is 0 Å². The summed E-state index contributed by atoms with van der Waals surface area (Å²) in [5, 5.41) is -0.673. The van der Waals surface area contributed by atoms with E-state index in [4.69, 9.17) is 9.29 Å². The molecule has 6 heteroatoms. The Kier molecular flexibility index (Phi) is 2.72. The van der Waals surface area contributed by atoms with E-state index in [1.54, 1.807) is 0 Å². The smallest absolute Gasteiger partial charge is 0.175 e. The van der Waals surface area contributed by atoms with Gasteiger partial charge < -0.3 is 9.29 Å². The highest BCUT2D eigenvalue weighted by molar-refractivity contribution is 7.79. The van der Waals surface area contributed by atoms with Crippen LogP contribution in [0.15, 0.2) is 0 Å². The van der Waals surface area contributed by atoms with Gasteiger partial charge in [0.05, 0.1) is 19.8 Å². The third-order valence-electron chi connectivity index (χ3n) is 1.25. The fraction of sp³-hybridized carbons (Fsp3) is 1.00. The van der Waals surface area contributed by atoms with Crippen LogP contribution < -0.4 is 0 Å². The molecule has 0 bridgehead atoms. The molecule has 1 fully saturated rings. The van der Waals surface area contributed by atoms with Crippen LogP contribution in [0.25, 0.3) is 0 Å². The fourth-order valence-corrected chi connectivity index (χ4v) is 1.23. The largest absolute Gasteiger partial charge is 0.377 e. The van der Waals surface area contributed by atoms with E-state index in [9.17, 15) is 8.69 Å². The first kappa shape index (κ1) is 8.06. The molecule has 0 aromatic carbocycles. The summed E-state index contributed by atoms with van der Waals surface area (Å²) in [7, 11) is 0. The monoisotopic (exact) mass is 169 g/mol. The quantitative estimate of drug-likeness (QED) is 0.434. The van der Waals surface area contributed by atoms with Gasteiger partial charge in [0.25, 0.3) is 0 Å². The van der Waals surface area contributed by atoms with Gasteiger partial charge in [-0.05, 0) is 0 Å². The summed E-state index contributed by atoms with van der Waals surface area (Å²) in [6, 6.07) is 0. The van der Waals surface area contributed by atoms with Crippen LogP contribution in [0.3, 0.4) is 0 Å². The van der Waals surface area contributed by atoms with Crippen LogP contribution in [-0.2, 0) is 15.8 Å². The Bertz CT molecular complexity index is 144. The van der Waals surface area contributed by atoms with Gasteiger partial charge in [0.2, 0.25) is 0 Å². The third-order valence-corrected chi connectivity index (χ3v) is 2.09. The van der Waals surface area contributed by atoms with Gasteiger partial charge in [0, 0.05) is 0 Å². The molecule has 4 nitrogen and oxygen atoms in total. The molecule has 1 saturated heterocycles. The van der Waals surface area contributed by atoms with E-state index in [1.807, 2.05) is 0 Å². The third kappa shape index (κ3) is 1.72. The molecule has 1 heterocycles. The molecule has 0 amide bonds. The molecular weight excluding hydrogens is 161 g/mol. The summed E-state index contributed by atoms with van der Waals surface area (Å²) >= 11 is -2.16. The number of morpholine rings is 1. The number of nitrogens with zero attached hydrogens (tertiary/aromatic N) is 1. The number of hydrogen-bond donors (Lipinski definition) is 1. The maximum absolute atomic E-state index is 12.5. The average molecular weight is 169 g/mol. The zero-order valence-corrected chi connectivity index (χ0v) is 6.01. The first-order chi connectivity index (χ1) is 4.72. The summed E-state index contributed by atoms with van der Waals surface area (Å²) in [6.07, 6.45) is 0. The van der Waals surface area contributed by atoms with E-state index < -0.39 is 16.5 Å². The predicted octanol–water partition coefficient (Wildman–Crippen LogP) is -0.249. The number of rotatable bonds is 1. The van der Waals surface area contributed by atoms with Gasteiger partial charge in [-0.1, -0.05) is 0 Å². The van der Waals surface area contributed by atoms with Crippen LogP contribution in [0, 0.1) is 0 Å². The second-order valence-corrected chi connectivity index (χ2v) is 3.03. The van der Waals surface area contributed by atoms with Crippen molar-refractivity contribution in [1.82, 2.24) is 5.12 Å². The number of ether oxygens (including phenoxy) is 1. The van der Waals surface area contributed by atoms with E-state index >= 15 is 0 Å². The predicted molar refractivity (Wildman–Crippen MR) is 33.2 cm³/mol. The van der Waals surface area contributed by atoms with Crippen molar-refractivity contribution >= 4 is 11.1 Å². The average Bonchev–Trinajstić information content (AvgIpc) is 1.88. The summed E-state index contributed by atoms with van der Waals surface area (Å²) in [5.41, 5.74) is 0. The molecule has 2 unspecified atom stereocenters. The van der Waals surface area contributed by atoms with Crippen molar-refractivity contribution in [2.45, 2.75) is 5.37 Å². The molecule has 0 spiro atoms. The molecule has 1 aliphatic rings. The van der Waals surface area contributed by atoms with E-state index in [2.05, 4.69) is 0 Å². The Morgan fingerprint density at radius 2 is 2.50 bits per heavy atom. The topological polar surface area (TPSA) is 49.8 Å². The molecule has 1 aliphatic heterocycles. The normalized spacial score (nSPS) is 32.0.